The maximum absolute atomic E-state index is 11.2. The van der Waals surface area contributed by atoms with Gasteiger partial charge in [-0.2, -0.15) is 33.7 Å². The lowest BCUT2D eigenvalue weighted by atomic mass is 10.4. The Morgan fingerprint density at radius 2 is 0.864 bits per heavy atom. The van der Waals surface area contributed by atoms with Crippen LogP contribution in [-0.2, 0) is 56.7 Å². The first-order valence-electron chi connectivity index (χ1n) is 5.23. The Morgan fingerprint density at radius 3 is 1.09 bits per heavy atom. The third-order valence-electron chi connectivity index (χ3n) is 1.82. The highest BCUT2D eigenvalue weighted by molar-refractivity contribution is 7.98. The van der Waals surface area contributed by atoms with E-state index < -0.39 is 52.5 Å². The third-order valence-corrected chi connectivity index (χ3v) is 7.21. The van der Waals surface area contributed by atoms with Crippen LogP contribution in [0.25, 0.3) is 0 Å². The molecule has 0 aliphatic rings. The molecule has 0 saturated carbocycles. The second kappa shape index (κ2) is 7.95. The molecule has 0 aromatic rings. The van der Waals surface area contributed by atoms with Gasteiger partial charge in [0.15, 0.2) is 0 Å². The van der Waals surface area contributed by atoms with Crippen LogP contribution in [0.1, 0.15) is 12.8 Å². The van der Waals surface area contributed by atoms with Crippen molar-refractivity contribution in [2.75, 3.05) is 25.7 Å². The van der Waals surface area contributed by atoms with Crippen LogP contribution in [0.5, 0.6) is 0 Å². The number of unbranched alkanes of at least 4 members (excludes halogenated alkanes) is 1. The molecule has 0 amide bonds. The molecule has 0 rings (SSSR count). The van der Waals surface area contributed by atoms with E-state index in [1.165, 1.54) is 0 Å². The minimum Gasteiger partial charge on any atom is -0.251 e. The van der Waals surface area contributed by atoms with Crippen LogP contribution in [0.3, 0.4) is 0 Å². The predicted octanol–water partition coefficient (Wildman–Crippen LogP) is -1.76. The van der Waals surface area contributed by atoms with Crippen molar-refractivity contribution in [3.8, 4) is 0 Å². The first-order chi connectivity index (χ1) is 9.74. The summed E-state index contributed by atoms with van der Waals surface area (Å²) in [6.07, 6.45) is -0.672. The van der Waals surface area contributed by atoms with Crippen molar-refractivity contribution in [3.05, 3.63) is 0 Å². The molecule has 0 aromatic carbocycles. The smallest absolute Gasteiger partial charge is 0.251 e. The standard InChI is InChI=1S/C6H14O12S4/c1-15-21(11,12)17-19(7,8)5-3-4-6-20(9,10)18-22(13,14)16-2/h3-6H2,1-2H3. The van der Waals surface area contributed by atoms with Gasteiger partial charge < -0.3 is 0 Å². The molecule has 0 fully saturated rings. The zero-order valence-corrected chi connectivity index (χ0v) is 14.6. The van der Waals surface area contributed by atoms with Crippen molar-refractivity contribution in [3.63, 3.8) is 0 Å². The summed E-state index contributed by atoms with van der Waals surface area (Å²) in [5.74, 6) is -1.66. The summed E-state index contributed by atoms with van der Waals surface area (Å²) in [6, 6.07) is 0. The lowest BCUT2D eigenvalue weighted by Gasteiger charge is -2.05. The van der Waals surface area contributed by atoms with Crippen LogP contribution in [-0.4, -0.2) is 59.4 Å². The lowest BCUT2D eigenvalue weighted by molar-refractivity contribution is 0.327. The van der Waals surface area contributed by atoms with E-state index in [4.69, 9.17) is 0 Å². The van der Waals surface area contributed by atoms with E-state index in [9.17, 15) is 33.7 Å². The fraction of sp³-hybridized carbons (Fsp3) is 1.00. The molecule has 134 valence electrons. The highest BCUT2D eigenvalue weighted by Crippen LogP contribution is 2.09. The molecule has 0 radical (unpaired) electrons. The summed E-state index contributed by atoms with van der Waals surface area (Å²) in [5.41, 5.74) is 0. The number of rotatable bonds is 11. The number of hydrogen-bond donors (Lipinski definition) is 0. The molecule has 0 unspecified atom stereocenters. The van der Waals surface area contributed by atoms with Crippen molar-refractivity contribution in [1.82, 2.24) is 0 Å². The zero-order valence-electron chi connectivity index (χ0n) is 11.4. The molecular weight excluding hydrogens is 392 g/mol. The van der Waals surface area contributed by atoms with Gasteiger partial charge in [-0.15, -0.1) is 7.26 Å². The molecule has 0 saturated heterocycles. The van der Waals surface area contributed by atoms with Gasteiger partial charge in [0, 0.05) is 0 Å². The van der Waals surface area contributed by atoms with Crippen molar-refractivity contribution in [2.45, 2.75) is 12.8 Å². The molecule has 0 aliphatic carbocycles. The van der Waals surface area contributed by atoms with E-state index >= 15 is 0 Å². The molecule has 0 aliphatic heterocycles. The largest absolute Gasteiger partial charge is 0.414 e. The van der Waals surface area contributed by atoms with Gasteiger partial charge in [-0.25, -0.2) is 0 Å². The Balaban J connectivity index is 4.45. The average Bonchev–Trinajstić information content (AvgIpc) is 2.32. The fourth-order valence-corrected chi connectivity index (χ4v) is 5.07. The van der Waals surface area contributed by atoms with Crippen LogP contribution in [0.2, 0.25) is 0 Å². The minimum atomic E-state index is -4.70. The van der Waals surface area contributed by atoms with E-state index in [0.717, 1.165) is 0 Å². The van der Waals surface area contributed by atoms with Gasteiger partial charge in [0.1, 0.15) is 0 Å². The Hall–Kier alpha value is -0.360. The Morgan fingerprint density at radius 1 is 0.591 bits per heavy atom. The summed E-state index contributed by atoms with van der Waals surface area (Å²) in [4.78, 5) is 0. The van der Waals surface area contributed by atoms with Crippen LogP contribution in [0.4, 0.5) is 0 Å². The van der Waals surface area contributed by atoms with Gasteiger partial charge in [0.25, 0.3) is 20.2 Å². The van der Waals surface area contributed by atoms with Gasteiger partial charge in [0.2, 0.25) is 0 Å². The first kappa shape index (κ1) is 21.6. The molecule has 0 spiro atoms. The predicted molar refractivity (Wildman–Crippen MR) is 70.8 cm³/mol. The van der Waals surface area contributed by atoms with Gasteiger partial charge in [-0.1, -0.05) is 0 Å². The first-order valence-corrected chi connectivity index (χ1v) is 11.0. The molecule has 0 N–H and O–H groups in total. The minimum absolute atomic E-state index is 0.336. The topological polar surface area (TPSA) is 173 Å². The molecule has 0 heterocycles. The van der Waals surface area contributed by atoms with Crippen LogP contribution in [0, 0.1) is 0 Å². The van der Waals surface area contributed by atoms with E-state index in [1.54, 1.807) is 0 Å². The second-order valence-corrected chi connectivity index (χ2v) is 9.95. The Kier molecular flexibility index (Phi) is 7.82. The summed E-state index contributed by atoms with van der Waals surface area (Å²) < 4.78 is 103. The average molecular weight is 406 g/mol. The molecule has 16 heteroatoms. The Labute approximate surface area is 129 Å². The molecular formula is C6H14O12S4. The van der Waals surface area contributed by atoms with Crippen LogP contribution in [0.15, 0.2) is 0 Å². The third kappa shape index (κ3) is 9.62. The van der Waals surface area contributed by atoms with Gasteiger partial charge in [-0.3, -0.25) is 8.37 Å². The molecule has 0 aromatic heterocycles. The zero-order chi connectivity index (χ0) is 17.7. The van der Waals surface area contributed by atoms with Crippen molar-refractivity contribution in [2.24, 2.45) is 0 Å². The van der Waals surface area contributed by atoms with E-state index in [2.05, 4.69) is 15.6 Å². The maximum atomic E-state index is 11.2. The summed E-state index contributed by atoms with van der Waals surface area (Å²) >= 11 is 0. The second-order valence-electron chi connectivity index (χ2n) is 3.52. The Bertz CT molecular complexity index is 687. The summed E-state index contributed by atoms with van der Waals surface area (Å²) in [7, 11) is -17.0. The van der Waals surface area contributed by atoms with E-state index in [1.807, 2.05) is 0 Å². The normalized spacial score (nSPS) is 14.1. The number of hydrogen-bond acceptors (Lipinski definition) is 12. The highest BCUT2D eigenvalue weighted by atomic mass is 32.3. The SMILES string of the molecule is COS(=O)(=O)OS(=O)(=O)CCCCS(=O)(=O)OS(=O)(=O)OC. The summed E-state index contributed by atoms with van der Waals surface area (Å²) in [5, 5.41) is 0. The van der Waals surface area contributed by atoms with E-state index in [-0.39, 0.29) is 12.8 Å². The van der Waals surface area contributed by atoms with Crippen LogP contribution < -0.4 is 0 Å². The molecule has 0 bridgehead atoms. The summed E-state index contributed by atoms with van der Waals surface area (Å²) in [6.45, 7) is 0. The fourth-order valence-electron chi connectivity index (χ4n) is 0.935. The molecule has 0 atom stereocenters. The van der Waals surface area contributed by atoms with Crippen LogP contribution >= 0.6 is 0 Å². The van der Waals surface area contributed by atoms with Crippen molar-refractivity contribution in [1.29, 1.82) is 0 Å². The van der Waals surface area contributed by atoms with Crippen molar-refractivity contribution >= 4 is 41.0 Å². The lowest BCUT2D eigenvalue weighted by Crippen LogP contribution is -2.20. The van der Waals surface area contributed by atoms with E-state index in [0.29, 0.717) is 14.2 Å². The maximum Gasteiger partial charge on any atom is 0.414 e. The molecule has 12 nitrogen and oxygen atoms in total. The highest BCUT2D eigenvalue weighted by Gasteiger charge is 2.24. The van der Waals surface area contributed by atoms with Gasteiger partial charge in [0.05, 0.1) is 25.7 Å². The monoisotopic (exact) mass is 406 g/mol. The van der Waals surface area contributed by atoms with Gasteiger partial charge in [-0.05, 0) is 12.8 Å². The van der Waals surface area contributed by atoms with Crippen molar-refractivity contribution < 1.29 is 49.3 Å². The molecule has 22 heavy (non-hydrogen) atoms. The van der Waals surface area contributed by atoms with Gasteiger partial charge >= 0.3 is 20.8 Å². The quantitative estimate of drug-likeness (QED) is 0.354.